The maximum atomic E-state index is 12.3. The monoisotopic (exact) mass is 347 g/mol. The molecule has 2 aliphatic heterocycles. The summed E-state index contributed by atoms with van der Waals surface area (Å²) in [4.78, 5) is 17.3. The highest BCUT2D eigenvalue weighted by Gasteiger charge is 2.24. The number of rotatable bonds is 5. The van der Waals surface area contributed by atoms with Crippen LogP contribution in [0.25, 0.3) is 0 Å². The molecule has 1 amide bonds. The summed E-state index contributed by atoms with van der Waals surface area (Å²) in [6, 6.07) is 10.9. The summed E-state index contributed by atoms with van der Waals surface area (Å²) in [7, 11) is 0. The van der Waals surface area contributed by atoms with Crippen LogP contribution in [-0.2, 0) is 4.79 Å². The highest BCUT2D eigenvalue weighted by atomic mass is 32.2. The molecule has 2 heterocycles. The molecule has 1 N–H and O–H groups in total. The van der Waals surface area contributed by atoms with Gasteiger partial charge in [-0.25, -0.2) is 0 Å². The Kier molecular flexibility index (Phi) is 6.44. The minimum Gasteiger partial charge on any atom is -0.369 e. The number of carbonyl (C=O) groups excluding carboxylic acids is 1. The van der Waals surface area contributed by atoms with Crippen LogP contribution < -0.4 is 10.2 Å². The van der Waals surface area contributed by atoms with Crippen molar-refractivity contribution in [1.29, 1.82) is 0 Å². The molecule has 132 valence electrons. The van der Waals surface area contributed by atoms with Gasteiger partial charge in [-0.2, -0.15) is 11.8 Å². The number of para-hydroxylation sites is 1. The Morgan fingerprint density at radius 2 is 1.83 bits per heavy atom. The Bertz CT molecular complexity index is 511. The molecular weight excluding hydrogens is 318 g/mol. The smallest absolute Gasteiger partial charge is 0.223 e. The normalized spacial score (nSPS) is 21.5. The minimum absolute atomic E-state index is 0.232. The number of amides is 1. The molecule has 2 fully saturated rings. The predicted octanol–water partition coefficient (Wildman–Crippen LogP) is 2.46. The summed E-state index contributed by atoms with van der Waals surface area (Å²) >= 11 is 1.97. The molecule has 0 spiro atoms. The average Bonchev–Trinajstić information content (AvgIpc) is 2.64. The van der Waals surface area contributed by atoms with Crippen LogP contribution >= 0.6 is 11.8 Å². The number of hydrogen-bond acceptors (Lipinski definition) is 4. The Balaban J connectivity index is 1.40. The van der Waals surface area contributed by atoms with E-state index in [9.17, 15) is 4.79 Å². The summed E-state index contributed by atoms with van der Waals surface area (Å²) in [5.74, 6) is 2.77. The number of carbonyl (C=O) groups is 1. The lowest BCUT2D eigenvalue weighted by molar-refractivity contribution is -0.125. The number of nitrogens with zero attached hydrogens (tertiary/aromatic N) is 2. The lowest BCUT2D eigenvalue weighted by Gasteiger charge is -2.37. The van der Waals surface area contributed by atoms with Crippen LogP contribution in [-0.4, -0.2) is 61.1 Å². The molecule has 0 saturated carbocycles. The van der Waals surface area contributed by atoms with Crippen LogP contribution in [0.3, 0.4) is 0 Å². The molecule has 24 heavy (non-hydrogen) atoms. The molecule has 1 aromatic rings. The van der Waals surface area contributed by atoms with Crippen LogP contribution in [0.1, 0.15) is 19.8 Å². The Labute approximate surface area is 150 Å². The van der Waals surface area contributed by atoms with E-state index in [2.05, 4.69) is 52.4 Å². The van der Waals surface area contributed by atoms with Gasteiger partial charge in [0.15, 0.2) is 0 Å². The van der Waals surface area contributed by atoms with Gasteiger partial charge < -0.3 is 10.2 Å². The maximum absolute atomic E-state index is 12.3. The van der Waals surface area contributed by atoms with Crippen LogP contribution in [0.15, 0.2) is 30.3 Å². The number of anilines is 1. The van der Waals surface area contributed by atoms with Gasteiger partial charge in [-0.1, -0.05) is 18.2 Å². The summed E-state index contributed by atoms with van der Waals surface area (Å²) in [6.07, 6.45) is 2.08. The SMILES string of the molecule is C[C@H](CN1CCN(c2ccccc2)CC1)NC(=O)C1CCSCC1. The standard InChI is InChI=1S/C19H29N3OS/c1-16(20-19(23)17-7-13-24-14-8-17)15-21-9-11-22(12-10-21)18-5-3-2-4-6-18/h2-6,16-17H,7-15H2,1H3,(H,20,23)/t16-/m1/s1. The molecule has 5 heteroatoms. The molecular formula is C19H29N3OS. The zero-order valence-corrected chi connectivity index (χ0v) is 15.4. The van der Waals surface area contributed by atoms with Crippen LogP contribution in [0.2, 0.25) is 0 Å². The molecule has 4 nitrogen and oxygen atoms in total. The van der Waals surface area contributed by atoms with E-state index in [4.69, 9.17) is 0 Å². The fourth-order valence-electron chi connectivity index (χ4n) is 3.58. The fraction of sp³-hybridized carbons (Fsp3) is 0.632. The van der Waals surface area contributed by atoms with Crippen molar-refractivity contribution in [2.45, 2.75) is 25.8 Å². The number of thioether (sulfide) groups is 1. The first-order chi connectivity index (χ1) is 11.7. The first-order valence-corrected chi connectivity index (χ1v) is 10.3. The van der Waals surface area contributed by atoms with Gasteiger partial charge in [-0.15, -0.1) is 0 Å². The summed E-state index contributed by atoms with van der Waals surface area (Å²) in [5, 5.41) is 3.24. The quantitative estimate of drug-likeness (QED) is 0.887. The zero-order chi connectivity index (χ0) is 16.8. The summed E-state index contributed by atoms with van der Waals surface area (Å²) in [6.45, 7) is 7.34. The first-order valence-electron chi connectivity index (χ1n) is 9.13. The van der Waals surface area contributed by atoms with Crippen molar-refractivity contribution >= 4 is 23.4 Å². The average molecular weight is 348 g/mol. The van der Waals surface area contributed by atoms with Gasteiger partial charge in [0.25, 0.3) is 0 Å². The summed E-state index contributed by atoms with van der Waals surface area (Å²) in [5.41, 5.74) is 1.31. The second kappa shape index (κ2) is 8.77. The van der Waals surface area contributed by atoms with Crippen LogP contribution in [0, 0.1) is 5.92 Å². The van der Waals surface area contributed by atoms with Gasteiger partial charge in [0.05, 0.1) is 0 Å². The van der Waals surface area contributed by atoms with Crippen molar-refractivity contribution < 1.29 is 4.79 Å². The van der Waals surface area contributed by atoms with E-state index in [1.165, 1.54) is 5.69 Å². The van der Waals surface area contributed by atoms with Crippen molar-refractivity contribution in [3.05, 3.63) is 30.3 Å². The number of piperazine rings is 1. The highest BCUT2D eigenvalue weighted by Crippen LogP contribution is 2.23. The molecule has 0 aromatic heterocycles. The Morgan fingerprint density at radius 1 is 1.17 bits per heavy atom. The second-order valence-electron chi connectivity index (χ2n) is 6.92. The lowest BCUT2D eigenvalue weighted by atomic mass is 10.0. The predicted molar refractivity (Wildman–Crippen MR) is 103 cm³/mol. The fourth-order valence-corrected chi connectivity index (χ4v) is 4.69. The van der Waals surface area contributed by atoms with E-state index in [0.717, 1.165) is 57.1 Å². The van der Waals surface area contributed by atoms with Gasteiger partial charge >= 0.3 is 0 Å². The third-order valence-electron chi connectivity index (χ3n) is 5.01. The Hall–Kier alpha value is -1.20. The van der Waals surface area contributed by atoms with Crippen molar-refractivity contribution in [2.75, 3.05) is 49.1 Å². The van der Waals surface area contributed by atoms with E-state index < -0.39 is 0 Å². The van der Waals surface area contributed by atoms with E-state index in [1.54, 1.807) is 0 Å². The van der Waals surface area contributed by atoms with Crippen molar-refractivity contribution in [1.82, 2.24) is 10.2 Å². The van der Waals surface area contributed by atoms with Gasteiger partial charge in [0.2, 0.25) is 5.91 Å². The maximum Gasteiger partial charge on any atom is 0.223 e. The van der Waals surface area contributed by atoms with Crippen molar-refractivity contribution in [3.8, 4) is 0 Å². The van der Waals surface area contributed by atoms with Crippen LogP contribution in [0.5, 0.6) is 0 Å². The third kappa shape index (κ3) is 4.90. The van der Waals surface area contributed by atoms with Crippen LogP contribution in [0.4, 0.5) is 5.69 Å². The molecule has 0 aliphatic carbocycles. The summed E-state index contributed by atoms with van der Waals surface area (Å²) < 4.78 is 0. The topological polar surface area (TPSA) is 35.6 Å². The van der Waals surface area contributed by atoms with Crippen molar-refractivity contribution in [3.63, 3.8) is 0 Å². The number of nitrogens with one attached hydrogen (secondary N) is 1. The molecule has 1 aromatic carbocycles. The first kappa shape index (κ1) is 17.6. The van der Waals surface area contributed by atoms with Gasteiger partial charge in [0.1, 0.15) is 0 Å². The zero-order valence-electron chi connectivity index (χ0n) is 14.6. The second-order valence-corrected chi connectivity index (χ2v) is 8.14. The molecule has 3 rings (SSSR count). The van der Waals surface area contributed by atoms with E-state index in [0.29, 0.717) is 0 Å². The van der Waals surface area contributed by atoms with Crippen molar-refractivity contribution in [2.24, 2.45) is 5.92 Å². The Morgan fingerprint density at radius 3 is 2.50 bits per heavy atom. The molecule has 1 atom stereocenters. The molecule has 0 bridgehead atoms. The lowest BCUT2D eigenvalue weighted by Crippen LogP contribution is -2.51. The van der Waals surface area contributed by atoms with Gasteiger partial charge in [-0.3, -0.25) is 9.69 Å². The molecule has 2 aliphatic rings. The number of hydrogen-bond donors (Lipinski definition) is 1. The van der Waals surface area contributed by atoms with Gasteiger partial charge in [-0.05, 0) is 43.4 Å². The highest BCUT2D eigenvalue weighted by molar-refractivity contribution is 7.99. The molecule has 0 unspecified atom stereocenters. The number of benzene rings is 1. The largest absolute Gasteiger partial charge is 0.369 e. The van der Waals surface area contributed by atoms with E-state index >= 15 is 0 Å². The van der Waals surface area contributed by atoms with E-state index in [-0.39, 0.29) is 17.9 Å². The molecule has 2 saturated heterocycles. The third-order valence-corrected chi connectivity index (χ3v) is 6.06. The van der Waals surface area contributed by atoms with Gasteiger partial charge in [0, 0.05) is 50.4 Å². The molecule has 0 radical (unpaired) electrons. The van der Waals surface area contributed by atoms with E-state index in [1.807, 2.05) is 11.8 Å². The minimum atomic E-state index is 0.232.